The molecule has 0 radical (unpaired) electrons. The molecule has 4 heterocycles. The van der Waals surface area contributed by atoms with Crippen LogP contribution in [0.5, 0.6) is 0 Å². The Morgan fingerprint density at radius 3 is 1.91 bits per heavy atom. The second-order valence-electron chi connectivity index (χ2n) is 14.6. The maximum atomic E-state index is 14.6. The molecule has 1 saturated heterocycles. The van der Waals surface area contributed by atoms with Crippen molar-refractivity contribution in [1.82, 2.24) is 25.4 Å². The number of aromatic nitrogens is 3. The first-order valence-electron chi connectivity index (χ1n) is 20.2. The number of carbonyl (C=O) groups is 3. The highest BCUT2D eigenvalue weighted by atomic mass is 32.2. The van der Waals surface area contributed by atoms with Crippen LogP contribution in [0.25, 0.3) is 0 Å². The Hall–Kier alpha value is -7.01. The van der Waals surface area contributed by atoms with Crippen LogP contribution >= 0.6 is 34.9 Å². The Balaban J connectivity index is 1.04. The molecule has 0 unspecified atom stereocenters. The van der Waals surface area contributed by atoms with Crippen molar-refractivity contribution >= 4 is 63.5 Å². The fraction of sp³-hybridized carbons (Fsp3) is 0.146. The Kier molecular flexibility index (Phi) is 12.4. The van der Waals surface area contributed by atoms with Crippen LogP contribution in [0.4, 0.5) is 5.13 Å². The third-order valence-corrected chi connectivity index (χ3v) is 13.8. The largest absolute Gasteiger partial charge is 0.448 e. The number of nitrogens with two attached hydrogens (primary N) is 1. The highest BCUT2D eigenvalue weighted by molar-refractivity contribution is 8.05. The molecule has 2 amide bonds. The van der Waals surface area contributed by atoms with Crippen LogP contribution in [0.2, 0.25) is 0 Å². The van der Waals surface area contributed by atoms with Crippen molar-refractivity contribution in [2.75, 3.05) is 11.5 Å². The predicted octanol–water partition coefficient (Wildman–Crippen LogP) is 8.01. The monoisotopic (exact) mass is 905 g/mol. The number of thioether (sulfide) groups is 2. The second-order valence-corrected chi connectivity index (χ2v) is 17.7. The third-order valence-electron chi connectivity index (χ3n) is 10.6. The number of benzene rings is 5. The first-order valence-corrected chi connectivity index (χ1v) is 23.1. The minimum absolute atomic E-state index is 0.0835. The van der Waals surface area contributed by atoms with E-state index in [4.69, 9.17) is 19.7 Å². The number of nitrogen functional groups attached to an aromatic ring is 1. The van der Waals surface area contributed by atoms with Gasteiger partial charge in [-0.3, -0.25) is 14.5 Å². The fourth-order valence-electron chi connectivity index (χ4n) is 7.58. The lowest BCUT2D eigenvalue weighted by molar-refractivity contribution is -0.154. The number of rotatable bonds is 15. The van der Waals surface area contributed by atoms with E-state index in [9.17, 15) is 14.4 Å². The number of hydrogen-bond acceptors (Lipinski definition) is 14. The summed E-state index contributed by atoms with van der Waals surface area (Å²) in [7, 11) is 0. The van der Waals surface area contributed by atoms with E-state index in [2.05, 4.69) is 25.7 Å². The number of oxime groups is 1. The maximum Gasteiger partial charge on any atom is 0.356 e. The molecule has 7 aromatic rings. The molecule has 0 saturated carbocycles. The van der Waals surface area contributed by atoms with Gasteiger partial charge < -0.3 is 25.0 Å². The van der Waals surface area contributed by atoms with E-state index in [1.165, 1.54) is 28.4 Å². The van der Waals surface area contributed by atoms with Crippen molar-refractivity contribution in [2.45, 2.75) is 35.8 Å². The molecule has 5 aromatic carbocycles. The number of amides is 2. The molecule has 1 fully saturated rings. The number of ether oxygens (including phenoxy) is 1. The molecule has 0 spiro atoms. The summed E-state index contributed by atoms with van der Waals surface area (Å²) < 4.78 is 12.0. The molecule has 13 nitrogen and oxygen atoms in total. The van der Waals surface area contributed by atoms with E-state index in [-0.39, 0.29) is 28.0 Å². The molecule has 2 aliphatic rings. The van der Waals surface area contributed by atoms with Crippen LogP contribution in [0.15, 0.2) is 177 Å². The van der Waals surface area contributed by atoms with Gasteiger partial charge >= 0.3 is 5.97 Å². The number of nitrogens with zero attached hydrogens (tertiary/aromatic N) is 5. The number of carbonyl (C=O) groups excluding carboxylic acids is 3. The fourth-order valence-corrected chi connectivity index (χ4v) is 10.6. The summed E-state index contributed by atoms with van der Waals surface area (Å²) in [6, 6.07) is 46.6. The Bertz CT molecular complexity index is 2690. The van der Waals surface area contributed by atoms with Crippen LogP contribution in [-0.4, -0.2) is 60.7 Å². The van der Waals surface area contributed by atoms with Gasteiger partial charge in [-0.15, -0.1) is 45.1 Å². The van der Waals surface area contributed by atoms with Gasteiger partial charge in [-0.05, 0) is 11.1 Å². The lowest BCUT2D eigenvalue weighted by Gasteiger charge is -2.49. The van der Waals surface area contributed by atoms with E-state index in [1.807, 2.05) is 152 Å². The Morgan fingerprint density at radius 1 is 0.859 bits per heavy atom. The van der Waals surface area contributed by atoms with Crippen molar-refractivity contribution in [2.24, 2.45) is 5.16 Å². The normalized spacial score (nSPS) is 16.2. The number of hydrogen-bond donors (Lipinski definition) is 2. The quantitative estimate of drug-likeness (QED) is 0.0334. The van der Waals surface area contributed by atoms with Gasteiger partial charge in [-0.1, -0.05) is 157 Å². The molecule has 9 rings (SSSR count). The number of esters is 1. The lowest BCUT2D eigenvalue weighted by atomic mass is 9.80. The van der Waals surface area contributed by atoms with Crippen LogP contribution in [0, 0.1) is 6.92 Å². The van der Waals surface area contributed by atoms with Crippen molar-refractivity contribution in [1.29, 1.82) is 0 Å². The van der Waals surface area contributed by atoms with Crippen molar-refractivity contribution in [3.63, 3.8) is 0 Å². The lowest BCUT2D eigenvalue weighted by Crippen LogP contribution is -2.71. The molecule has 2 aliphatic heterocycles. The highest BCUT2D eigenvalue weighted by Gasteiger charge is 2.55. The standard InChI is InChI=1S/C48H39N7O6S3/c1-30-52-53-38(59-30)29-62-37-28-63-45-40(44(57)55(45)41(37)46(58)60-42(31-17-7-2-8-18-31)32-19-9-3-10-20-32)51-43(56)39(36-27-64-47(49)50-36)54-61-48(33-21-11-4-12-22-33,34-23-13-5-14-24-34)35-25-15-6-16-26-35/h2-27,40,42,45H,28-29H2,1H3,(H2,49,50)(H,51,56)/b54-39-/t40-,45+/m1/s1. The molecule has 3 N–H and O–H groups in total. The van der Waals surface area contributed by atoms with Crippen LogP contribution in [0.1, 0.15) is 51.4 Å². The number of aryl methyl sites for hydroxylation is 1. The Morgan fingerprint density at radius 2 is 1.41 bits per heavy atom. The molecular weight excluding hydrogens is 867 g/mol. The van der Waals surface area contributed by atoms with Gasteiger partial charge in [-0.25, -0.2) is 9.78 Å². The molecule has 64 heavy (non-hydrogen) atoms. The summed E-state index contributed by atoms with van der Waals surface area (Å²) in [5.74, 6) is -0.566. The van der Waals surface area contributed by atoms with Gasteiger partial charge in [0.2, 0.25) is 17.4 Å². The van der Waals surface area contributed by atoms with E-state index in [0.717, 1.165) is 39.2 Å². The number of anilines is 1. The number of thiazole rings is 1. The van der Waals surface area contributed by atoms with Crippen LogP contribution < -0.4 is 11.1 Å². The zero-order valence-electron chi connectivity index (χ0n) is 34.1. The van der Waals surface area contributed by atoms with Crippen LogP contribution in [0.3, 0.4) is 0 Å². The zero-order valence-corrected chi connectivity index (χ0v) is 36.6. The van der Waals surface area contributed by atoms with Gasteiger partial charge in [-0.2, -0.15) is 0 Å². The van der Waals surface area contributed by atoms with Crippen LogP contribution in [-0.2, 0) is 35.3 Å². The summed E-state index contributed by atoms with van der Waals surface area (Å²) in [5.41, 5.74) is 8.62. The first kappa shape index (κ1) is 42.3. The van der Waals surface area contributed by atoms with Gasteiger partial charge in [0.1, 0.15) is 22.8 Å². The van der Waals surface area contributed by atoms with Crippen molar-refractivity contribution in [3.8, 4) is 0 Å². The molecular formula is C48H39N7O6S3. The Labute approximate surface area is 380 Å². The van der Waals surface area contributed by atoms with E-state index in [0.29, 0.717) is 22.4 Å². The molecule has 0 bridgehead atoms. The topological polar surface area (TPSA) is 175 Å². The summed E-state index contributed by atoms with van der Waals surface area (Å²) in [6.45, 7) is 1.70. The highest BCUT2D eigenvalue weighted by Crippen LogP contribution is 2.46. The summed E-state index contributed by atoms with van der Waals surface area (Å²) in [4.78, 5) is 56.7. The number of fused-ring (bicyclic) bond motifs is 1. The summed E-state index contributed by atoms with van der Waals surface area (Å²) in [5, 5.41) is 16.7. The minimum Gasteiger partial charge on any atom is -0.448 e. The van der Waals surface area contributed by atoms with Gasteiger partial charge in [0, 0.05) is 39.7 Å². The maximum absolute atomic E-state index is 14.6. The average molecular weight is 906 g/mol. The van der Waals surface area contributed by atoms with Gasteiger partial charge in [0.25, 0.3) is 11.8 Å². The smallest absolute Gasteiger partial charge is 0.356 e. The molecule has 16 heteroatoms. The molecule has 320 valence electrons. The number of nitrogens with one attached hydrogen (secondary N) is 1. The molecule has 2 atom stereocenters. The van der Waals surface area contributed by atoms with E-state index in [1.54, 1.807) is 12.3 Å². The van der Waals surface area contributed by atoms with E-state index >= 15 is 0 Å². The predicted molar refractivity (Wildman–Crippen MR) is 247 cm³/mol. The third kappa shape index (κ3) is 8.54. The van der Waals surface area contributed by atoms with Gasteiger partial charge in [0.15, 0.2) is 16.9 Å². The first-order chi connectivity index (χ1) is 31.3. The van der Waals surface area contributed by atoms with E-state index < -0.39 is 40.9 Å². The van der Waals surface area contributed by atoms with Gasteiger partial charge in [0.05, 0.1) is 5.75 Å². The SMILES string of the molecule is Cc1nnc(CSC2=C(C(=O)OC(c3ccccc3)c3ccccc3)N3C(=O)[C@@H](NC(=O)/C(=N\OC(c4ccccc4)(c4ccccc4)c4ccccc4)c4csc(N)n4)[C@@H]3SC2)o1. The molecule has 0 aliphatic carbocycles. The minimum atomic E-state index is -1.31. The summed E-state index contributed by atoms with van der Waals surface area (Å²) in [6.07, 6.45) is -0.772. The second kappa shape index (κ2) is 18.8. The average Bonchev–Trinajstić information content (AvgIpc) is 3.98. The van der Waals surface area contributed by atoms with Crippen molar-refractivity contribution < 1.29 is 28.4 Å². The number of β-lactam (4-membered cyclic amide) rings is 1. The molecule has 2 aromatic heterocycles. The zero-order chi connectivity index (χ0) is 44.0. The van der Waals surface area contributed by atoms with Crippen molar-refractivity contribution in [3.05, 3.63) is 213 Å². The summed E-state index contributed by atoms with van der Waals surface area (Å²) >= 11 is 3.85.